The molecule has 0 saturated heterocycles. The maximum Gasteiger partial charge on any atom is 0.271 e. The summed E-state index contributed by atoms with van der Waals surface area (Å²) in [6, 6.07) is 15.2. The number of hydrogen-bond donors (Lipinski definition) is 2. The number of nitrogens with zero attached hydrogens (tertiary/aromatic N) is 1. The molecular weight excluding hydrogens is 448 g/mol. The second-order valence-corrected chi connectivity index (χ2v) is 7.26. The fourth-order valence-electron chi connectivity index (χ4n) is 2.48. The Bertz CT molecular complexity index is 977. The molecule has 0 radical (unpaired) electrons. The summed E-state index contributed by atoms with van der Waals surface area (Å²) >= 11 is 6.52. The third kappa shape index (κ3) is 3.91. The highest BCUT2D eigenvalue weighted by Crippen LogP contribution is 2.32. The smallest absolute Gasteiger partial charge is 0.271 e. The van der Waals surface area contributed by atoms with Crippen molar-refractivity contribution in [2.45, 2.75) is 6.92 Å². The molecule has 0 atom stereocenters. The van der Waals surface area contributed by atoms with E-state index in [0.717, 1.165) is 21.9 Å². The number of hydrazone groups is 1. The lowest BCUT2D eigenvalue weighted by Gasteiger charge is -2.07. The van der Waals surface area contributed by atoms with Crippen LogP contribution in [0.25, 0.3) is 10.8 Å². The Labute approximate surface area is 161 Å². The summed E-state index contributed by atoms with van der Waals surface area (Å²) < 4.78 is 1.08. The number of carbonyl (C=O) groups excluding carboxylic acids is 1. The van der Waals surface area contributed by atoms with E-state index in [1.807, 2.05) is 43.3 Å². The van der Waals surface area contributed by atoms with Crippen molar-refractivity contribution in [3.63, 3.8) is 0 Å². The SMILES string of the molecule is Cc1cc2ccccc2cc1C(=O)N/N=C/c1cc(Br)c(O)c(Br)c1. The van der Waals surface area contributed by atoms with Gasteiger partial charge in [0.2, 0.25) is 0 Å². The minimum atomic E-state index is -0.267. The summed E-state index contributed by atoms with van der Waals surface area (Å²) in [5.41, 5.74) is 4.75. The van der Waals surface area contributed by atoms with E-state index < -0.39 is 0 Å². The van der Waals surface area contributed by atoms with Gasteiger partial charge >= 0.3 is 0 Å². The van der Waals surface area contributed by atoms with Crippen molar-refractivity contribution in [3.05, 3.63) is 74.2 Å². The molecule has 3 aromatic rings. The molecule has 0 saturated carbocycles. The number of aryl methyl sites for hydroxylation is 1. The number of aromatic hydroxyl groups is 1. The minimum absolute atomic E-state index is 0.118. The standard InChI is InChI=1S/C19H14Br2N2O2/c1-11-6-13-4-2-3-5-14(13)9-15(11)19(25)23-22-10-12-7-16(20)18(24)17(21)8-12/h2-10,24H,1H3,(H,23,25)/b22-10+. The van der Waals surface area contributed by atoms with E-state index in [0.29, 0.717) is 14.5 Å². The normalized spacial score (nSPS) is 11.2. The van der Waals surface area contributed by atoms with Crippen LogP contribution in [0.1, 0.15) is 21.5 Å². The summed E-state index contributed by atoms with van der Waals surface area (Å²) in [5.74, 6) is -0.149. The molecular formula is C19H14Br2N2O2. The van der Waals surface area contributed by atoms with Gasteiger partial charge in [-0.05, 0) is 78.9 Å². The molecule has 25 heavy (non-hydrogen) atoms. The molecule has 4 nitrogen and oxygen atoms in total. The van der Waals surface area contributed by atoms with Crippen LogP contribution in [-0.2, 0) is 0 Å². The molecule has 0 fully saturated rings. The molecule has 2 N–H and O–H groups in total. The molecule has 0 spiro atoms. The zero-order valence-electron chi connectivity index (χ0n) is 13.3. The van der Waals surface area contributed by atoms with E-state index >= 15 is 0 Å². The van der Waals surface area contributed by atoms with Gasteiger partial charge in [0, 0.05) is 5.56 Å². The van der Waals surface area contributed by atoms with E-state index in [4.69, 9.17) is 0 Å². The molecule has 0 aliphatic rings. The summed E-state index contributed by atoms with van der Waals surface area (Å²) in [7, 11) is 0. The maximum atomic E-state index is 12.4. The van der Waals surface area contributed by atoms with E-state index in [1.165, 1.54) is 6.21 Å². The largest absolute Gasteiger partial charge is 0.506 e. The van der Waals surface area contributed by atoms with Crippen molar-refractivity contribution in [1.82, 2.24) is 5.43 Å². The number of amides is 1. The number of hydrogen-bond acceptors (Lipinski definition) is 3. The lowest BCUT2D eigenvalue weighted by Crippen LogP contribution is -2.18. The average Bonchev–Trinajstić information content (AvgIpc) is 2.58. The van der Waals surface area contributed by atoms with E-state index in [9.17, 15) is 9.90 Å². The second kappa shape index (κ2) is 7.37. The maximum absolute atomic E-state index is 12.4. The molecule has 3 rings (SSSR count). The van der Waals surface area contributed by atoms with Gasteiger partial charge in [-0.1, -0.05) is 30.3 Å². The van der Waals surface area contributed by atoms with Crippen LogP contribution >= 0.6 is 31.9 Å². The molecule has 0 heterocycles. The van der Waals surface area contributed by atoms with Crippen LogP contribution in [0.3, 0.4) is 0 Å². The third-order valence-corrected chi connectivity index (χ3v) is 4.97. The first-order valence-corrected chi connectivity index (χ1v) is 9.05. The van der Waals surface area contributed by atoms with Gasteiger partial charge in [-0.2, -0.15) is 5.10 Å². The Morgan fingerprint density at radius 2 is 1.68 bits per heavy atom. The highest BCUT2D eigenvalue weighted by molar-refractivity contribution is 9.11. The number of carbonyl (C=O) groups is 1. The molecule has 0 aliphatic heterocycles. The number of halogens is 2. The molecule has 0 aliphatic carbocycles. The van der Waals surface area contributed by atoms with Crippen LogP contribution < -0.4 is 5.43 Å². The molecule has 0 bridgehead atoms. The highest BCUT2D eigenvalue weighted by Gasteiger charge is 2.10. The first kappa shape index (κ1) is 17.6. The van der Waals surface area contributed by atoms with Crippen molar-refractivity contribution in [2.75, 3.05) is 0 Å². The Morgan fingerprint density at radius 3 is 2.32 bits per heavy atom. The van der Waals surface area contributed by atoms with E-state index in [1.54, 1.807) is 12.1 Å². The molecule has 6 heteroatoms. The number of benzene rings is 3. The fourth-order valence-corrected chi connectivity index (χ4v) is 3.71. The van der Waals surface area contributed by atoms with Gasteiger partial charge in [0.05, 0.1) is 15.2 Å². The molecule has 3 aromatic carbocycles. The Kier molecular flexibility index (Phi) is 5.20. The Balaban J connectivity index is 1.80. The van der Waals surface area contributed by atoms with Crippen LogP contribution in [0.4, 0.5) is 0 Å². The topological polar surface area (TPSA) is 61.7 Å². The van der Waals surface area contributed by atoms with Crippen molar-refractivity contribution >= 4 is 54.8 Å². The van der Waals surface area contributed by atoms with Crippen molar-refractivity contribution in [2.24, 2.45) is 5.10 Å². The van der Waals surface area contributed by atoms with E-state index in [-0.39, 0.29) is 11.7 Å². The third-order valence-electron chi connectivity index (χ3n) is 3.76. The van der Waals surface area contributed by atoms with Gasteiger partial charge in [-0.15, -0.1) is 0 Å². The monoisotopic (exact) mass is 460 g/mol. The summed E-state index contributed by atoms with van der Waals surface area (Å²) in [5, 5.41) is 15.8. The van der Waals surface area contributed by atoms with Crippen LogP contribution in [0, 0.1) is 6.92 Å². The van der Waals surface area contributed by atoms with Crippen LogP contribution in [-0.4, -0.2) is 17.2 Å². The lowest BCUT2D eigenvalue weighted by atomic mass is 10.0. The first-order chi connectivity index (χ1) is 12.0. The van der Waals surface area contributed by atoms with Crippen LogP contribution in [0.5, 0.6) is 5.75 Å². The van der Waals surface area contributed by atoms with Gasteiger partial charge in [-0.25, -0.2) is 5.43 Å². The fraction of sp³-hybridized carbons (Fsp3) is 0.0526. The quantitative estimate of drug-likeness (QED) is 0.418. The van der Waals surface area contributed by atoms with E-state index in [2.05, 4.69) is 42.4 Å². The average molecular weight is 462 g/mol. The lowest BCUT2D eigenvalue weighted by molar-refractivity contribution is 0.0954. The first-order valence-electron chi connectivity index (χ1n) is 7.46. The molecule has 126 valence electrons. The zero-order valence-corrected chi connectivity index (χ0v) is 16.4. The summed E-state index contributed by atoms with van der Waals surface area (Å²) in [4.78, 5) is 12.4. The number of rotatable bonds is 3. The summed E-state index contributed by atoms with van der Waals surface area (Å²) in [6.07, 6.45) is 1.52. The predicted octanol–water partition coefficient (Wildman–Crippen LogP) is 5.14. The molecule has 1 amide bonds. The second-order valence-electron chi connectivity index (χ2n) is 5.55. The van der Waals surface area contributed by atoms with Gasteiger partial charge in [0.15, 0.2) is 0 Å². The predicted molar refractivity (Wildman–Crippen MR) is 107 cm³/mol. The minimum Gasteiger partial charge on any atom is -0.506 e. The van der Waals surface area contributed by atoms with Gasteiger partial charge in [0.25, 0.3) is 5.91 Å². The van der Waals surface area contributed by atoms with Gasteiger partial charge < -0.3 is 5.11 Å². The number of nitrogens with one attached hydrogen (secondary N) is 1. The molecule has 0 unspecified atom stereocenters. The number of fused-ring (bicyclic) bond motifs is 1. The number of phenolic OH excluding ortho intramolecular Hbond substituents is 1. The van der Waals surface area contributed by atoms with Gasteiger partial charge in [-0.3, -0.25) is 4.79 Å². The van der Waals surface area contributed by atoms with Crippen molar-refractivity contribution < 1.29 is 9.90 Å². The van der Waals surface area contributed by atoms with Crippen LogP contribution in [0.2, 0.25) is 0 Å². The van der Waals surface area contributed by atoms with Crippen molar-refractivity contribution in [3.8, 4) is 5.75 Å². The summed E-state index contributed by atoms with van der Waals surface area (Å²) in [6.45, 7) is 1.90. The zero-order chi connectivity index (χ0) is 18.0. The molecule has 0 aromatic heterocycles. The number of phenols is 1. The van der Waals surface area contributed by atoms with Crippen LogP contribution in [0.15, 0.2) is 62.6 Å². The Hall–Kier alpha value is -2.18. The van der Waals surface area contributed by atoms with Gasteiger partial charge in [0.1, 0.15) is 5.75 Å². The Morgan fingerprint density at radius 1 is 1.08 bits per heavy atom. The highest BCUT2D eigenvalue weighted by atomic mass is 79.9. The van der Waals surface area contributed by atoms with Crippen molar-refractivity contribution in [1.29, 1.82) is 0 Å².